The average molecular weight is 446 g/mol. The number of amides is 1. The van der Waals surface area contributed by atoms with Crippen LogP contribution in [-0.2, 0) is 11.2 Å². The van der Waals surface area contributed by atoms with Crippen molar-refractivity contribution >= 4 is 11.9 Å². The van der Waals surface area contributed by atoms with Crippen LogP contribution in [0.15, 0.2) is 54.9 Å². The Balaban J connectivity index is 1.47. The van der Waals surface area contributed by atoms with Gasteiger partial charge in [-0.25, -0.2) is 9.97 Å². The van der Waals surface area contributed by atoms with Crippen molar-refractivity contribution < 1.29 is 9.53 Å². The number of aryl methyl sites for hydroxylation is 1. The molecule has 1 saturated heterocycles. The largest absolute Gasteiger partial charge is 0.497 e. The summed E-state index contributed by atoms with van der Waals surface area (Å²) in [4.78, 5) is 30.6. The number of benzene rings is 1. The number of hydrogen-bond acceptors (Lipinski definition) is 6. The molecule has 0 radical (unpaired) electrons. The van der Waals surface area contributed by atoms with Crippen molar-refractivity contribution in [3.63, 3.8) is 0 Å². The Morgan fingerprint density at radius 2 is 1.97 bits per heavy atom. The van der Waals surface area contributed by atoms with Crippen molar-refractivity contribution in [2.24, 2.45) is 0 Å². The fourth-order valence-corrected chi connectivity index (χ4v) is 4.24. The summed E-state index contributed by atoms with van der Waals surface area (Å²) in [6.07, 6.45) is 6.78. The van der Waals surface area contributed by atoms with Gasteiger partial charge in [0, 0.05) is 63.2 Å². The minimum absolute atomic E-state index is 0.184. The van der Waals surface area contributed by atoms with Crippen molar-refractivity contribution in [2.45, 2.75) is 31.6 Å². The van der Waals surface area contributed by atoms with E-state index in [9.17, 15) is 4.79 Å². The van der Waals surface area contributed by atoms with E-state index in [0.717, 1.165) is 54.1 Å². The lowest BCUT2D eigenvalue weighted by atomic mass is 9.96. The van der Waals surface area contributed by atoms with Crippen LogP contribution in [-0.4, -0.2) is 60.1 Å². The Labute approximate surface area is 195 Å². The molecule has 0 aliphatic carbocycles. The number of rotatable bonds is 8. The molecule has 0 bridgehead atoms. The van der Waals surface area contributed by atoms with Crippen LogP contribution < -0.4 is 9.64 Å². The van der Waals surface area contributed by atoms with Gasteiger partial charge in [0.2, 0.25) is 11.9 Å². The second-order valence-electron chi connectivity index (χ2n) is 8.59. The van der Waals surface area contributed by atoms with Gasteiger partial charge in [0.25, 0.3) is 0 Å². The molecule has 7 nitrogen and oxygen atoms in total. The molecular weight excluding hydrogens is 414 g/mol. The first-order valence-electron chi connectivity index (χ1n) is 11.4. The fourth-order valence-electron chi connectivity index (χ4n) is 4.24. The highest BCUT2D eigenvalue weighted by atomic mass is 16.5. The number of hydrogen-bond donors (Lipinski definition) is 0. The molecule has 4 rings (SSSR count). The van der Waals surface area contributed by atoms with Gasteiger partial charge in [-0.15, -0.1) is 0 Å². The zero-order chi connectivity index (χ0) is 23.2. The van der Waals surface area contributed by atoms with Gasteiger partial charge in [-0.2, -0.15) is 0 Å². The molecule has 172 valence electrons. The first kappa shape index (κ1) is 22.7. The molecule has 0 saturated carbocycles. The van der Waals surface area contributed by atoms with Crippen LogP contribution in [0.1, 0.15) is 36.6 Å². The van der Waals surface area contributed by atoms with Crippen LogP contribution in [0.3, 0.4) is 0 Å². The number of ether oxygens (including phenoxy) is 1. The van der Waals surface area contributed by atoms with Crippen LogP contribution in [0, 0.1) is 0 Å². The lowest BCUT2D eigenvalue weighted by Gasteiger charge is -2.20. The standard InChI is InChI=1S/C26H31N5O2/c1-30(2)26-28-17-23(19-10-12-22(33-3)13-11-19)25(29-26)20-14-16-31(18-20)24(32)9-6-8-21-7-4-5-15-27-21/h4-5,7,10-13,15,17,20H,6,8-9,14,16,18H2,1-3H3/t20-/m0/s1. The van der Waals surface area contributed by atoms with Crippen LogP contribution in [0.4, 0.5) is 5.95 Å². The molecule has 7 heteroatoms. The second kappa shape index (κ2) is 10.4. The number of carbonyl (C=O) groups excluding carboxylic acids is 1. The van der Waals surface area contributed by atoms with Crippen molar-refractivity contribution in [1.29, 1.82) is 0 Å². The number of anilines is 1. The highest BCUT2D eigenvalue weighted by Gasteiger charge is 2.30. The number of methoxy groups -OCH3 is 1. The third kappa shape index (κ3) is 5.48. The Morgan fingerprint density at radius 1 is 1.15 bits per heavy atom. The minimum atomic E-state index is 0.184. The number of likely N-dealkylation sites (tertiary alicyclic amines) is 1. The van der Waals surface area contributed by atoms with E-state index >= 15 is 0 Å². The van der Waals surface area contributed by atoms with Crippen LogP contribution in [0.25, 0.3) is 11.1 Å². The topological polar surface area (TPSA) is 71.5 Å². The van der Waals surface area contributed by atoms with Crippen molar-refractivity contribution in [2.75, 3.05) is 39.2 Å². The lowest BCUT2D eigenvalue weighted by molar-refractivity contribution is -0.130. The molecule has 1 aromatic carbocycles. The van der Waals surface area contributed by atoms with Crippen molar-refractivity contribution in [1.82, 2.24) is 19.9 Å². The van der Waals surface area contributed by atoms with E-state index in [1.165, 1.54) is 0 Å². The Kier molecular flexibility index (Phi) is 7.17. The van der Waals surface area contributed by atoms with E-state index in [1.807, 2.05) is 72.6 Å². The van der Waals surface area contributed by atoms with Gasteiger partial charge < -0.3 is 14.5 Å². The quantitative estimate of drug-likeness (QED) is 0.523. The number of carbonyl (C=O) groups is 1. The predicted molar refractivity (Wildman–Crippen MR) is 129 cm³/mol. The molecule has 0 spiro atoms. The molecule has 1 aliphatic rings. The molecule has 2 aromatic heterocycles. The van der Waals surface area contributed by atoms with Gasteiger partial charge in [0.1, 0.15) is 5.75 Å². The van der Waals surface area contributed by atoms with E-state index in [0.29, 0.717) is 18.9 Å². The highest BCUT2D eigenvalue weighted by molar-refractivity contribution is 5.77. The zero-order valence-corrected chi connectivity index (χ0v) is 19.6. The molecule has 0 unspecified atom stereocenters. The smallest absolute Gasteiger partial charge is 0.225 e. The van der Waals surface area contributed by atoms with Gasteiger partial charge in [0.05, 0.1) is 12.8 Å². The van der Waals surface area contributed by atoms with Gasteiger partial charge in [-0.1, -0.05) is 18.2 Å². The van der Waals surface area contributed by atoms with Crippen LogP contribution in [0.2, 0.25) is 0 Å². The van der Waals surface area contributed by atoms with Crippen LogP contribution >= 0.6 is 0 Å². The van der Waals surface area contributed by atoms with Gasteiger partial charge >= 0.3 is 0 Å². The molecule has 3 aromatic rings. The zero-order valence-electron chi connectivity index (χ0n) is 19.6. The Hall–Kier alpha value is -3.48. The molecule has 0 N–H and O–H groups in total. The number of nitrogens with zero attached hydrogens (tertiary/aromatic N) is 5. The van der Waals surface area contributed by atoms with Crippen molar-refractivity contribution in [3.05, 3.63) is 66.2 Å². The molecule has 1 amide bonds. The summed E-state index contributed by atoms with van der Waals surface area (Å²) < 4.78 is 5.30. The monoisotopic (exact) mass is 445 g/mol. The van der Waals surface area contributed by atoms with Gasteiger partial charge in [0.15, 0.2) is 0 Å². The summed E-state index contributed by atoms with van der Waals surface area (Å²) in [7, 11) is 5.55. The summed E-state index contributed by atoms with van der Waals surface area (Å²) in [6.45, 7) is 1.45. The minimum Gasteiger partial charge on any atom is -0.497 e. The summed E-state index contributed by atoms with van der Waals surface area (Å²) in [6, 6.07) is 13.9. The summed E-state index contributed by atoms with van der Waals surface area (Å²) in [5.74, 6) is 1.89. The Bertz CT molecular complexity index is 1070. The van der Waals surface area contributed by atoms with E-state index in [1.54, 1.807) is 13.3 Å². The molecule has 1 fully saturated rings. The van der Waals surface area contributed by atoms with E-state index < -0.39 is 0 Å². The maximum atomic E-state index is 12.9. The third-order valence-electron chi connectivity index (χ3n) is 6.08. The molecule has 33 heavy (non-hydrogen) atoms. The van der Waals surface area contributed by atoms with E-state index in [-0.39, 0.29) is 11.8 Å². The summed E-state index contributed by atoms with van der Waals surface area (Å²) in [5, 5.41) is 0. The number of aromatic nitrogens is 3. The lowest BCUT2D eigenvalue weighted by Crippen LogP contribution is -2.28. The van der Waals surface area contributed by atoms with Crippen molar-refractivity contribution in [3.8, 4) is 16.9 Å². The number of pyridine rings is 1. The highest BCUT2D eigenvalue weighted by Crippen LogP contribution is 2.35. The molecule has 1 atom stereocenters. The summed E-state index contributed by atoms with van der Waals surface area (Å²) >= 11 is 0. The molecular formula is C26H31N5O2. The van der Waals surface area contributed by atoms with Crippen LogP contribution in [0.5, 0.6) is 5.75 Å². The second-order valence-corrected chi connectivity index (χ2v) is 8.59. The predicted octanol–water partition coefficient (Wildman–Crippen LogP) is 3.95. The van der Waals surface area contributed by atoms with E-state index in [2.05, 4.69) is 9.97 Å². The first-order chi connectivity index (χ1) is 16.0. The Morgan fingerprint density at radius 3 is 2.67 bits per heavy atom. The maximum absolute atomic E-state index is 12.9. The SMILES string of the molecule is COc1ccc(-c2cnc(N(C)C)nc2[C@H]2CCN(C(=O)CCCc3ccccn3)C2)cc1. The third-order valence-corrected chi connectivity index (χ3v) is 6.08. The first-order valence-corrected chi connectivity index (χ1v) is 11.4. The van der Waals surface area contributed by atoms with Gasteiger partial charge in [-0.3, -0.25) is 9.78 Å². The normalized spacial score (nSPS) is 15.5. The fraction of sp³-hybridized carbons (Fsp3) is 0.385. The molecule has 1 aliphatic heterocycles. The summed E-state index contributed by atoms with van der Waals surface area (Å²) in [5.41, 5.74) is 4.10. The average Bonchev–Trinajstić information content (AvgIpc) is 3.35. The molecule has 3 heterocycles. The maximum Gasteiger partial charge on any atom is 0.225 e. The van der Waals surface area contributed by atoms with E-state index in [4.69, 9.17) is 9.72 Å². The van der Waals surface area contributed by atoms with Gasteiger partial charge in [-0.05, 0) is 49.1 Å².